The van der Waals surface area contributed by atoms with E-state index in [1.54, 1.807) is 12.1 Å². The Hall–Kier alpha value is -1.13. The maximum atomic E-state index is 14.2. The van der Waals surface area contributed by atoms with Crippen molar-refractivity contribution in [2.75, 3.05) is 7.11 Å². The summed E-state index contributed by atoms with van der Waals surface area (Å²) < 4.78 is 19.3. The van der Waals surface area contributed by atoms with Crippen LogP contribution < -0.4 is 16.0 Å². The fourth-order valence-electron chi connectivity index (χ4n) is 3.63. The number of nitrogens with one attached hydrogen (secondary N) is 1. The number of methoxy groups -OCH3 is 1. The van der Waals surface area contributed by atoms with Crippen LogP contribution in [0.25, 0.3) is 0 Å². The third-order valence-electron chi connectivity index (χ3n) is 5.45. The third kappa shape index (κ3) is 2.21. The highest BCUT2D eigenvalue weighted by molar-refractivity contribution is 5.32. The van der Waals surface area contributed by atoms with Crippen LogP contribution in [-0.2, 0) is 6.42 Å². The van der Waals surface area contributed by atoms with Gasteiger partial charge in [-0.3, -0.25) is 11.3 Å². The number of nitrogens with two attached hydrogens (primary N) is 1. The van der Waals surface area contributed by atoms with Gasteiger partial charge < -0.3 is 4.74 Å². The molecule has 1 aromatic rings. The van der Waals surface area contributed by atoms with E-state index in [0.29, 0.717) is 17.9 Å². The topological polar surface area (TPSA) is 47.3 Å². The Bertz CT molecular complexity index is 485. The quantitative estimate of drug-likeness (QED) is 0.644. The van der Waals surface area contributed by atoms with Gasteiger partial charge in [0.05, 0.1) is 7.11 Å². The van der Waals surface area contributed by atoms with Crippen molar-refractivity contribution in [2.45, 2.75) is 40.2 Å². The third-order valence-corrected chi connectivity index (χ3v) is 5.45. The summed E-state index contributed by atoms with van der Waals surface area (Å²) >= 11 is 0. The number of halogens is 1. The minimum atomic E-state index is -0.286. The molecule has 0 aromatic heterocycles. The van der Waals surface area contributed by atoms with Crippen molar-refractivity contribution in [2.24, 2.45) is 22.6 Å². The molecule has 0 bridgehead atoms. The number of rotatable bonds is 5. The van der Waals surface area contributed by atoms with Crippen LogP contribution in [0.2, 0.25) is 0 Å². The summed E-state index contributed by atoms with van der Waals surface area (Å²) in [5, 5.41) is 0. The molecular weight excluding hydrogens is 255 g/mol. The normalized spacial score (nSPS) is 21.6. The van der Waals surface area contributed by atoms with E-state index >= 15 is 0 Å². The van der Waals surface area contributed by atoms with Crippen LogP contribution in [0, 0.1) is 22.6 Å². The largest absolute Gasteiger partial charge is 0.494 e. The number of hydrazine groups is 1. The van der Waals surface area contributed by atoms with Gasteiger partial charge in [-0.2, -0.15) is 0 Å². The van der Waals surface area contributed by atoms with E-state index in [0.717, 1.165) is 0 Å². The molecule has 3 N–H and O–H groups in total. The number of benzene rings is 1. The first-order valence-corrected chi connectivity index (χ1v) is 7.05. The summed E-state index contributed by atoms with van der Waals surface area (Å²) in [7, 11) is 1.48. The lowest BCUT2D eigenvalue weighted by atomic mass is 9.97. The molecule has 20 heavy (non-hydrogen) atoms. The molecule has 0 aliphatic heterocycles. The molecule has 112 valence electrons. The fraction of sp³-hybridized carbons (Fsp3) is 0.625. The van der Waals surface area contributed by atoms with Crippen molar-refractivity contribution < 1.29 is 9.13 Å². The molecule has 0 radical (unpaired) electrons. The first kappa shape index (κ1) is 15.3. The van der Waals surface area contributed by atoms with E-state index < -0.39 is 0 Å². The molecule has 0 amide bonds. The standard InChI is InChI=1S/C16H25FN2O/c1-15(2)14(16(15,3)4)11(19-18)9-10-7-6-8-12(20-5)13(10)17/h6-8,11,14,19H,9,18H2,1-5H3. The molecule has 1 fully saturated rings. The summed E-state index contributed by atoms with van der Waals surface area (Å²) in [5.41, 5.74) is 3.94. The van der Waals surface area contributed by atoms with Gasteiger partial charge >= 0.3 is 0 Å². The molecule has 0 spiro atoms. The van der Waals surface area contributed by atoms with Gasteiger partial charge in [-0.25, -0.2) is 4.39 Å². The van der Waals surface area contributed by atoms with Gasteiger partial charge in [-0.05, 0) is 34.8 Å². The van der Waals surface area contributed by atoms with E-state index in [-0.39, 0.29) is 28.4 Å². The molecule has 0 saturated heterocycles. The van der Waals surface area contributed by atoms with Gasteiger partial charge in [-0.1, -0.05) is 39.8 Å². The SMILES string of the molecule is COc1cccc(CC(NN)C2C(C)(C)C2(C)C)c1F. The average molecular weight is 280 g/mol. The molecule has 1 aliphatic carbocycles. The second-order valence-electron chi connectivity index (χ2n) is 6.83. The zero-order chi connectivity index (χ0) is 15.1. The molecule has 1 aromatic carbocycles. The monoisotopic (exact) mass is 280 g/mol. The van der Waals surface area contributed by atoms with Crippen molar-refractivity contribution in [1.29, 1.82) is 0 Å². The molecule has 1 atom stereocenters. The van der Waals surface area contributed by atoms with Crippen LogP contribution in [0.15, 0.2) is 18.2 Å². The summed E-state index contributed by atoms with van der Waals surface area (Å²) in [6, 6.07) is 5.30. The zero-order valence-electron chi connectivity index (χ0n) is 13.0. The van der Waals surface area contributed by atoms with Gasteiger partial charge in [0.25, 0.3) is 0 Å². The minimum absolute atomic E-state index is 0.0570. The Morgan fingerprint density at radius 2 is 1.90 bits per heavy atom. The maximum absolute atomic E-state index is 14.2. The predicted molar refractivity (Wildman–Crippen MR) is 78.8 cm³/mol. The summed E-state index contributed by atoms with van der Waals surface area (Å²) in [6.07, 6.45) is 0.567. The van der Waals surface area contributed by atoms with Crippen LogP contribution in [0.3, 0.4) is 0 Å². The summed E-state index contributed by atoms with van der Waals surface area (Å²) in [4.78, 5) is 0. The summed E-state index contributed by atoms with van der Waals surface area (Å²) in [5.74, 6) is 6.14. The van der Waals surface area contributed by atoms with Gasteiger partial charge in [-0.15, -0.1) is 0 Å². The highest BCUT2D eigenvalue weighted by Gasteiger charge is 2.66. The first-order chi connectivity index (χ1) is 9.27. The number of ether oxygens (including phenoxy) is 1. The summed E-state index contributed by atoms with van der Waals surface area (Å²) in [6.45, 7) is 8.96. The molecule has 1 unspecified atom stereocenters. The van der Waals surface area contributed by atoms with E-state index in [1.807, 2.05) is 6.07 Å². The van der Waals surface area contributed by atoms with Gasteiger partial charge in [0, 0.05) is 6.04 Å². The van der Waals surface area contributed by atoms with Crippen molar-refractivity contribution in [3.63, 3.8) is 0 Å². The minimum Gasteiger partial charge on any atom is -0.494 e. The van der Waals surface area contributed by atoms with E-state index in [2.05, 4.69) is 33.1 Å². The smallest absolute Gasteiger partial charge is 0.168 e. The second kappa shape index (κ2) is 5.01. The molecule has 4 heteroatoms. The Morgan fingerprint density at radius 3 is 2.35 bits per heavy atom. The highest BCUT2D eigenvalue weighted by Crippen LogP contribution is 2.69. The Balaban J connectivity index is 2.21. The molecule has 1 aliphatic rings. The first-order valence-electron chi connectivity index (χ1n) is 7.05. The predicted octanol–water partition coefficient (Wildman–Crippen LogP) is 2.89. The van der Waals surface area contributed by atoms with Crippen LogP contribution in [0.4, 0.5) is 4.39 Å². The van der Waals surface area contributed by atoms with Crippen LogP contribution in [0.5, 0.6) is 5.75 Å². The Kier molecular flexibility index (Phi) is 3.82. The number of hydrogen-bond donors (Lipinski definition) is 2. The van der Waals surface area contributed by atoms with Crippen molar-refractivity contribution in [3.8, 4) is 5.75 Å². The van der Waals surface area contributed by atoms with E-state index in [1.165, 1.54) is 7.11 Å². The van der Waals surface area contributed by atoms with Gasteiger partial charge in [0.15, 0.2) is 11.6 Å². The Morgan fingerprint density at radius 1 is 1.30 bits per heavy atom. The maximum Gasteiger partial charge on any atom is 0.168 e. The average Bonchev–Trinajstić information content (AvgIpc) is 2.79. The molecule has 2 rings (SSSR count). The Labute approximate surface area is 120 Å². The van der Waals surface area contributed by atoms with Crippen LogP contribution >= 0.6 is 0 Å². The zero-order valence-corrected chi connectivity index (χ0v) is 13.0. The van der Waals surface area contributed by atoms with Crippen LogP contribution in [0.1, 0.15) is 33.3 Å². The van der Waals surface area contributed by atoms with E-state index in [9.17, 15) is 4.39 Å². The van der Waals surface area contributed by atoms with Crippen molar-refractivity contribution >= 4 is 0 Å². The lowest BCUT2D eigenvalue weighted by molar-refractivity contribution is 0.373. The lowest BCUT2D eigenvalue weighted by Crippen LogP contribution is -2.40. The van der Waals surface area contributed by atoms with Gasteiger partial charge in [0.2, 0.25) is 0 Å². The van der Waals surface area contributed by atoms with E-state index in [4.69, 9.17) is 10.6 Å². The molecular formula is C16H25FN2O. The van der Waals surface area contributed by atoms with Crippen molar-refractivity contribution in [3.05, 3.63) is 29.6 Å². The highest BCUT2D eigenvalue weighted by atomic mass is 19.1. The fourth-order valence-corrected chi connectivity index (χ4v) is 3.63. The van der Waals surface area contributed by atoms with Crippen molar-refractivity contribution in [1.82, 2.24) is 5.43 Å². The molecule has 1 saturated carbocycles. The second-order valence-corrected chi connectivity index (χ2v) is 6.83. The molecule has 3 nitrogen and oxygen atoms in total. The van der Waals surface area contributed by atoms with Gasteiger partial charge in [0.1, 0.15) is 0 Å². The van der Waals surface area contributed by atoms with Crippen LogP contribution in [-0.4, -0.2) is 13.2 Å². The molecule has 0 heterocycles. The lowest BCUT2D eigenvalue weighted by Gasteiger charge is -2.19. The number of hydrogen-bond acceptors (Lipinski definition) is 3.